The quantitative estimate of drug-likeness (QED) is 0.517. The van der Waals surface area contributed by atoms with E-state index < -0.39 is 0 Å². The van der Waals surface area contributed by atoms with Crippen LogP contribution in [-0.2, 0) is 14.3 Å². The molecule has 6 aliphatic rings. The number of ether oxygens (including phenoxy) is 2. The Kier molecular flexibility index (Phi) is 7.77. The van der Waals surface area contributed by atoms with Crippen LogP contribution in [0.3, 0.4) is 0 Å². The molecule has 10 atom stereocenters. The molecular formula is C26H42O5. The molecule has 0 aromatic heterocycles. The largest absolute Gasteiger partial charge is 0.466 e. The minimum atomic E-state index is -0.162. The number of carbonyl (C=O) groups is 1. The van der Waals surface area contributed by atoms with E-state index >= 15 is 0 Å². The summed E-state index contributed by atoms with van der Waals surface area (Å²) in [6.45, 7) is 2.36. The van der Waals surface area contributed by atoms with Gasteiger partial charge in [-0.1, -0.05) is 12.2 Å². The summed E-state index contributed by atoms with van der Waals surface area (Å²) >= 11 is 0. The van der Waals surface area contributed by atoms with Crippen LogP contribution >= 0.6 is 0 Å². The van der Waals surface area contributed by atoms with E-state index in [1.54, 1.807) is 7.11 Å². The van der Waals surface area contributed by atoms with Crippen molar-refractivity contribution in [3.63, 3.8) is 0 Å². The molecule has 0 saturated heterocycles. The first kappa shape index (κ1) is 23.3. The number of carbonyl (C=O) groups excluding carboxylic acids is 1. The van der Waals surface area contributed by atoms with Gasteiger partial charge in [0.1, 0.15) is 0 Å². The molecule has 0 heterocycles. The van der Waals surface area contributed by atoms with Crippen LogP contribution in [0.15, 0.2) is 12.2 Å². The van der Waals surface area contributed by atoms with Crippen molar-refractivity contribution >= 4 is 5.97 Å². The topological polar surface area (TPSA) is 76.0 Å². The SMILES string of the molecule is C1=C[C@H]2CC[C@@H]1C2.CO[C@@H]1C[C@H]2CC[C@@H]1[C@H]2COC(C)=O.OC[C@H]1[C@@H]2CC[C@H]1[C@H](O)C2. The number of hydrogen-bond acceptors (Lipinski definition) is 5. The summed E-state index contributed by atoms with van der Waals surface area (Å²) in [5, 5.41) is 18.4. The zero-order chi connectivity index (χ0) is 22.0. The molecule has 0 amide bonds. The highest BCUT2D eigenvalue weighted by Crippen LogP contribution is 2.50. The maximum atomic E-state index is 10.7. The molecule has 0 unspecified atom stereocenters. The maximum absolute atomic E-state index is 10.7. The zero-order valence-electron chi connectivity index (χ0n) is 19.3. The van der Waals surface area contributed by atoms with Crippen molar-refractivity contribution in [2.24, 2.45) is 47.3 Å². The zero-order valence-corrected chi connectivity index (χ0v) is 19.3. The first-order valence-corrected chi connectivity index (χ1v) is 12.6. The van der Waals surface area contributed by atoms with Gasteiger partial charge in [-0.25, -0.2) is 0 Å². The Labute approximate surface area is 187 Å². The molecule has 0 radical (unpaired) electrons. The summed E-state index contributed by atoms with van der Waals surface area (Å²) in [5.74, 6) is 5.22. The molecule has 0 aromatic carbocycles. The third-order valence-electron chi connectivity index (χ3n) is 9.27. The van der Waals surface area contributed by atoms with Crippen molar-refractivity contribution in [2.75, 3.05) is 20.3 Å². The average molecular weight is 435 g/mol. The molecule has 5 saturated carbocycles. The number of methoxy groups -OCH3 is 1. The van der Waals surface area contributed by atoms with Crippen LogP contribution in [0.2, 0.25) is 0 Å². The van der Waals surface area contributed by atoms with Gasteiger partial charge in [-0.2, -0.15) is 0 Å². The van der Waals surface area contributed by atoms with Gasteiger partial charge in [0.25, 0.3) is 0 Å². The Balaban J connectivity index is 0.000000118. The molecule has 5 nitrogen and oxygen atoms in total. The van der Waals surface area contributed by atoms with Crippen molar-refractivity contribution in [3.8, 4) is 0 Å². The van der Waals surface area contributed by atoms with Crippen LogP contribution in [-0.4, -0.2) is 48.7 Å². The van der Waals surface area contributed by atoms with E-state index in [0.29, 0.717) is 42.3 Å². The Hall–Kier alpha value is -0.910. The number of rotatable bonds is 4. The first-order valence-electron chi connectivity index (χ1n) is 12.6. The smallest absolute Gasteiger partial charge is 0.302 e. The Morgan fingerprint density at radius 3 is 1.90 bits per heavy atom. The molecule has 5 heteroatoms. The van der Waals surface area contributed by atoms with Crippen LogP contribution in [0, 0.1) is 47.3 Å². The van der Waals surface area contributed by atoms with E-state index in [2.05, 4.69) is 12.2 Å². The fourth-order valence-electron chi connectivity index (χ4n) is 7.60. The number of aliphatic hydroxyl groups excluding tert-OH is 2. The van der Waals surface area contributed by atoms with E-state index in [1.807, 2.05) is 0 Å². The highest BCUT2D eigenvalue weighted by atomic mass is 16.5. The minimum absolute atomic E-state index is 0.101. The molecule has 2 N–H and O–H groups in total. The summed E-state index contributed by atoms with van der Waals surface area (Å²) in [6.07, 6.45) is 16.5. The van der Waals surface area contributed by atoms with Crippen molar-refractivity contribution in [2.45, 2.75) is 76.9 Å². The van der Waals surface area contributed by atoms with E-state index in [9.17, 15) is 9.90 Å². The second-order valence-electron chi connectivity index (χ2n) is 10.8. The number of hydrogen-bond donors (Lipinski definition) is 2. The third-order valence-corrected chi connectivity index (χ3v) is 9.27. The normalized spacial score (nSPS) is 45.3. The Morgan fingerprint density at radius 1 is 0.903 bits per heavy atom. The minimum Gasteiger partial charge on any atom is -0.466 e. The van der Waals surface area contributed by atoms with Gasteiger partial charge in [0, 0.05) is 26.6 Å². The number of esters is 1. The maximum Gasteiger partial charge on any atom is 0.302 e. The monoisotopic (exact) mass is 434 g/mol. The predicted octanol–water partition coefficient (Wildman–Crippen LogP) is 3.97. The molecule has 0 spiro atoms. The van der Waals surface area contributed by atoms with Crippen molar-refractivity contribution in [3.05, 3.63) is 12.2 Å². The Bertz CT molecular complexity index is 621. The lowest BCUT2D eigenvalue weighted by molar-refractivity contribution is -0.142. The van der Waals surface area contributed by atoms with Crippen LogP contribution in [0.1, 0.15) is 64.7 Å². The van der Waals surface area contributed by atoms with Gasteiger partial charge in [-0.15, -0.1) is 0 Å². The highest BCUT2D eigenvalue weighted by molar-refractivity contribution is 5.65. The van der Waals surface area contributed by atoms with Crippen LogP contribution in [0.25, 0.3) is 0 Å². The van der Waals surface area contributed by atoms with Gasteiger partial charge in [0.05, 0.1) is 18.8 Å². The van der Waals surface area contributed by atoms with E-state index in [-0.39, 0.29) is 18.7 Å². The third kappa shape index (κ3) is 5.20. The number of allylic oxidation sites excluding steroid dienone is 2. The summed E-state index contributed by atoms with van der Waals surface area (Å²) in [7, 11) is 1.79. The van der Waals surface area contributed by atoms with Gasteiger partial charge >= 0.3 is 5.97 Å². The Morgan fingerprint density at radius 2 is 1.55 bits per heavy atom. The summed E-state index contributed by atoms with van der Waals surface area (Å²) in [4.78, 5) is 10.7. The molecular weight excluding hydrogens is 392 g/mol. The number of fused-ring (bicyclic) bond motifs is 6. The van der Waals surface area contributed by atoms with Crippen LogP contribution in [0.4, 0.5) is 0 Å². The average Bonchev–Trinajstić information content (AvgIpc) is 3.61. The first-order chi connectivity index (χ1) is 15.0. The van der Waals surface area contributed by atoms with Crippen LogP contribution < -0.4 is 0 Å². The molecule has 6 bridgehead atoms. The van der Waals surface area contributed by atoms with Gasteiger partial charge in [0.2, 0.25) is 0 Å². The van der Waals surface area contributed by atoms with Crippen LogP contribution in [0.5, 0.6) is 0 Å². The predicted molar refractivity (Wildman–Crippen MR) is 119 cm³/mol. The molecule has 0 aromatic rings. The molecule has 6 rings (SSSR count). The van der Waals surface area contributed by atoms with Gasteiger partial charge in [-0.05, 0) is 99.2 Å². The van der Waals surface area contributed by atoms with E-state index in [0.717, 1.165) is 37.0 Å². The second-order valence-corrected chi connectivity index (χ2v) is 10.8. The lowest BCUT2D eigenvalue weighted by atomic mass is 9.97. The highest BCUT2D eigenvalue weighted by Gasteiger charge is 2.48. The van der Waals surface area contributed by atoms with Crippen molar-refractivity contribution in [1.29, 1.82) is 0 Å². The van der Waals surface area contributed by atoms with Gasteiger partial charge in [-0.3, -0.25) is 4.79 Å². The summed E-state index contributed by atoms with van der Waals surface area (Å²) in [5.41, 5.74) is 0. The summed E-state index contributed by atoms with van der Waals surface area (Å²) < 4.78 is 10.5. The lowest BCUT2D eigenvalue weighted by Crippen LogP contribution is -2.22. The van der Waals surface area contributed by atoms with Gasteiger partial charge < -0.3 is 19.7 Å². The molecule has 5 fully saturated rings. The molecule has 176 valence electrons. The van der Waals surface area contributed by atoms with E-state index in [4.69, 9.17) is 14.6 Å². The number of aliphatic hydroxyl groups is 2. The van der Waals surface area contributed by atoms with Crippen molar-refractivity contribution < 1.29 is 24.5 Å². The summed E-state index contributed by atoms with van der Waals surface area (Å²) in [6, 6.07) is 0. The fraction of sp³-hybridized carbons (Fsp3) is 0.885. The molecule has 6 aliphatic carbocycles. The van der Waals surface area contributed by atoms with E-state index in [1.165, 1.54) is 45.4 Å². The van der Waals surface area contributed by atoms with Crippen molar-refractivity contribution in [1.82, 2.24) is 0 Å². The second kappa shape index (κ2) is 10.4. The lowest BCUT2D eigenvalue weighted by Gasteiger charge is -2.20. The fourth-order valence-corrected chi connectivity index (χ4v) is 7.60. The molecule has 0 aliphatic heterocycles. The molecule has 31 heavy (non-hydrogen) atoms. The standard InChI is InChI=1S/C11H18O3.C8H14O2.C7H10/c1-7(12)14-6-10-8-3-4-9(10)11(5-8)13-2;9-4-7-5-1-2-6(7)8(10)3-5;1-2-7-4-3-6(1)5-7/h8-11H,3-6H2,1-2H3;5-10H,1-4H2;1-2,6-7H,3-5H2/t8-,9-,10+,11-;5-,6-,7+,8-;6-,7+/m11./s1. The van der Waals surface area contributed by atoms with Gasteiger partial charge in [0.15, 0.2) is 0 Å².